The van der Waals surface area contributed by atoms with Crippen molar-refractivity contribution in [3.63, 3.8) is 0 Å². The third-order valence-electron chi connectivity index (χ3n) is 2.84. The summed E-state index contributed by atoms with van der Waals surface area (Å²) >= 11 is 0. The first-order valence-corrected chi connectivity index (χ1v) is 7.79. The van der Waals surface area contributed by atoms with Crippen LogP contribution >= 0.6 is 0 Å². The molecule has 20 heavy (non-hydrogen) atoms. The maximum absolute atomic E-state index is 12.0. The topological polar surface area (TPSA) is 92.5 Å². The molecule has 0 radical (unpaired) electrons. The van der Waals surface area contributed by atoms with Crippen LogP contribution in [-0.2, 0) is 14.8 Å². The second-order valence-corrected chi connectivity index (χ2v) is 6.53. The van der Waals surface area contributed by atoms with Crippen molar-refractivity contribution in [3.8, 4) is 0 Å². The summed E-state index contributed by atoms with van der Waals surface area (Å²) in [7, 11) is -1.95. The van der Waals surface area contributed by atoms with Gasteiger partial charge in [0.1, 0.15) is 0 Å². The normalized spacial score (nSPS) is 13.0. The molecule has 0 spiro atoms. The van der Waals surface area contributed by atoms with E-state index in [4.69, 9.17) is 5.73 Å². The monoisotopic (exact) mass is 299 g/mol. The first-order chi connectivity index (χ1) is 9.24. The van der Waals surface area contributed by atoms with E-state index in [-0.39, 0.29) is 23.9 Å². The summed E-state index contributed by atoms with van der Waals surface area (Å²) < 4.78 is 26.4. The molecule has 0 saturated heterocycles. The van der Waals surface area contributed by atoms with Crippen LogP contribution in [0.2, 0.25) is 0 Å². The molecule has 6 nitrogen and oxygen atoms in total. The highest BCUT2D eigenvalue weighted by Crippen LogP contribution is 2.09. The molecule has 0 saturated carbocycles. The number of nitrogens with zero attached hydrogens (tertiary/aromatic N) is 1. The minimum atomic E-state index is -3.54. The van der Waals surface area contributed by atoms with Crippen LogP contribution < -0.4 is 10.5 Å². The summed E-state index contributed by atoms with van der Waals surface area (Å²) in [6.45, 7) is 3.89. The third-order valence-corrected chi connectivity index (χ3v) is 4.31. The summed E-state index contributed by atoms with van der Waals surface area (Å²) in [5, 5.41) is 0. The zero-order chi connectivity index (χ0) is 15.3. The lowest BCUT2D eigenvalue weighted by molar-refractivity contribution is -0.130. The van der Waals surface area contributed by atoms with Crippen molar-refractivity contribution in [2.24, 2.45) is 5.73 Å². The average molecular weight is 299 g/mol. The molecule has 3 N–H and O–H groups in total. The van der Waals surface area contributed by atoms with Crippen LogP contribution in [-0.4, -0.2) is 45.4 Å². The average Bonchev–Trinajstić information content (AvgIpc) is 2.37. The minimum Gasteiger partial charge on any atom is -0.343 e. The SMILES string of the molecule is Cc1ccc(S(=O)(=O)NCCN(C)C(=O)[C@@H](C)N)cc1. The number of carbonyl (C=O) groups excluding carboxylic acids is 1. The summed E-state index contributed by atoms with van der Waals surface area (Å²) in [4.78, 5) is 13.1. The van der Waals surface area contributed by atoms with E-state index in [0.29, 0.717) is 0 Å². The Morgan fingerprint density at radius 2 is 1.90 bits per heavy atom. The molecule has 112 valence electrons. The summed E-state index contributed by atoms with van der Waals surface area (Å²) in [6.07, 6.45) is 0. The summed E-state index contributed by atoms with van der Waals surface area (Å²) in [6, 6.07) is 5.98. The van der Waals surface area contributed by atoms with E-state index in [1.54, 1.807) is 38.2 Å². The largest absolute Gasteiger partial charge is 0.343 e. The standard InChI is InChI=1S/C13H21N3O3S/c1-10-4-6-12(7-5-10)20(18,19)15-8-9-16(3)13(17)11(2)14/h4-7,11,15H,8-9,14H2,1-3H3/t11-/m1/s1. The molecule has 0 aliphatic heterocycles. The van der Waals surface area contributed by atoms with Gasteiger partial charge in [0, 0.05) is 20.1 Å². The van der Waals surface area contributed by atoms with Crippen molar-refractivity contribution in [1.29, 1.82) is 0 Å². The lowest BCUT2D eigenvalue weighted by Crippen LogP contribution is -2.43. The first kappa shape index (κ1) is 16.6. The Balaban J connectivity index is 2.57. The number of sulfonamides is 1. The molecule has 0 aliphatic carbocycles. The fourth-order valence-corrected chi connectivity index (χ4v) is 2.63. The van der Waals surface area contributed by atoms with Gasteiger partial charge in [0.15, 0.2) is 0 Å². The van der Waals surface area contributed by atoms with Gasteiger partial charge >= 0.3 is 0 Å². The van der Waals surface area contributed by atoms with E-state index in [1.165, 1.54) is 4.90 Å². The lowest BCUT2D eigenvalue weighted by atomic mass is 10.2. The zero-order valence-corrected chi connectivity index (χ0v) is 12.8. The van der Waals surface area contributed by atoms with Crippen molar-refractivity contribution in [2.75, 3.05) is 20.1 Å². The predicted molar refractivity (Wildman–Crippen MR) is 77.7 cm³/mol. The van der Waals surface area contributed by atoms with Gasteiger partial charge in [0.25, 0.3) is 0 Å². The number of hydrogen-bond acceptors (Lipinski definition) is 4. The lowest BCUT2D eigenvalue weighted by Gasteiger charge is -2.19. The van der Waals surface area contributed by atoms with Crippen molar-refractivity contribution >= 4 is 15.9 Å². The van der Waals surface area contributed by atoms with Crippen LogP contribution in [0.1, 0.15) is 12.5 Å². The van der Waals surface area contributed by atoms with Crippen LogP contribution in [0.25, 0.3) is 0 Å². The maximum Gasteiger partial charge on any atom is 0.240 e. The number of benzene rings is 1. The van der Waals surface area contributed by atoms with Crippen LogP contribution in [0, 0.1) is 6.92 Å². The molecule has 0 aliphatic rings. The van der Waals surface area contributed by atoms with Crippen molar-refractivity contribution in [3.05, 3.63) is 29.8 Å². The second-order valence-electron chi connectivity index (χ2n) is 4.76. The maximum atomic E-state index is 12.0. The molecular weight excluding hydrogens is 278 g/mol. The van der Waals surface area contributed by atoms with Gasteiger partial charge in [-0.3, -0.25) is 4.79 Å². The van der Waals surface area contributed by atoms with Gasteiger partial charge in [-0.15, -0.1) is 0 Å². The summed E-state index contributed by atoms with van der Waals surface area (Å²) in [5.74, 6) is -0.223. The Bertz CT molecular complexity index is 553. The van der Waals surface area contributed by atoms with Gasteiger partial charge in [-0.1, -0.05) is 17.7 Å². The quantitative estimate of drug-likeness (QED) is 0.778. The minimum absolute atomic E-state index is 0.144. The Kier molecular flexibility index (Phi) is 5.67. The van der Waals surface area contributed by atoms with Gasteiger partial charge in [0.2, 0.25) is 15.9 Å². The number of rotatable bonds is 6. The van der Waals surface area contributed by atoms with Crippen LogP contribution in [0.5, 0.6) is 0 Å². The number of amides is 1. The van der Waals surface area contributed by atoms with E-state index in [9.17, 15) is 13.2 Å². The first-order valence-electron chi connectivity index (χ1n) is 6.31. The van der Waals surface area contributed by atoms with E-state index in [2.05, 4.69) is 4.72 Å². The van der Waals surface area contributed by atoms with Crippen molar-refractivity contribution in [1.82, 2.24) is 9.62 Å². The molecular formula is C13H21N3O3S. The second kappa shape index (κ2) is 6.83. The molecule has 1 aromatic carbocycles. The highest BCUT2D eigenvalue weighted by Gasteiger charge is 2.16. The number of nitrogens with one attached hydrogen (secondary N) is 1. The molecule has 1 amide bonds. The predicted octanol–water partition coefficient (Wildman–Crippen LogP) is 0.0789. The molecule has 0 unspecified atom stereocenters. The molecule has 0 aromatic heterocycles. The highest BCUT2D eigenvalue weighted by molar-refractivity contribution is 7.89. The van der Waals surface area contributed by atoms with Crippen molar-refractivity contribution < 1.29 is 13.2 Å². The molecule has 0 fully saturated rings. The van der Waals surface area contributed by atoms with Crippen molar-refractivity contribution in [2.45, 2.75) is 24.8 Å². The molecule has 1 aromatic rings. The van der Waals surface area contributed by atoms with E-state index < -0.39 is 16.1 Å². The Hall–Kier alpha value is -1.44. The molecule has 0 bridgehead atoms. The van der Waals surface area contributed by atoms with Gasteiger partial charge in [-0.25, -0.2) is 13.1 Å². The van der Waals surface area contributed by atoms with Gasteiger partial charge in [-0.2, -0.15) is 0 Å². The highest BCUT2D eigenvalue weighted by atomic mass is 32.2. The number of carbonyl (C=O) groups is 1. The molecule has 0 heterocycles. The number of nitrogens with two attached hydrogens (primary N) is 1. The number of hydrogen-bond donors (Lipinski definition) is 2. The Morgan fingerprint density at radius 1 is 1.35 bits per heavy atom. The smallest absolute Gasteiger partial charge is 0.240 e. The van der Waals surface area contributed by atoms with Crippen LogP contribution in [0.15, 0.2) is 29.2 Å². The number of likely N-dealkylation sites (N-methyl/N-ethyl adjacent to an activating group) is 1. The van der Waals surface area contributed by atoms with E-state index in [0.717, 1.165) is 5.56 Å². The number of aryl methyl sites for hydroxylation is 1. The van der Waals surface area contributed by atoms with Gasteiger partial charge in [0.05, 0.1) is 10.9 Å². The molecule has 1 rings (SSSR count). The Labute approximate surface area is 120 Å². The van der Waals surface area contributed by atoms with Crippen LogP contribution in [0.4, 0.5) is 0 Å². The molecule has 7 heteroatoms. The molecule has 1 atom stereocenters. The third kappa shape index (κ3) is 4.59. The van der Waals surface area contributed by atoms with Gasteiger partial charge < -0.3 is 10.6 Å². The fraction of sp³-hybridized carbons (Fsp3) is 0.462. The fourth-order valence-electron chi connectivity index (χ4n) is 1.61. The van der Waals surface area contributed by atoms with E-state index in [1.807, 2.05) is 6.92 Å². The van der Waals surface area contributed by atoms with E-state index >= 15 is 0 Å². The Morgan fingerprint density at radius 3 is 2.40 bits per heavy atom. The van der Waals surface area contributed by atoms with Crippen LogP contribution in [0.3, 0.4) is 0 Å². The van der Waals surface area contributed by atoms with Gasteiger partial charge in [-0.05, 0) is 26.0 Å². The summed E-state index contributed by atoms with van der Waals surface area (Å²) in [5.41, 5.74) is 6.46. The zero-order valence-electron chi connectivity index (χ0n) is 12.0.